The molecule has 1 N–H and O–H groups in total. The third kappa shape index (κ3) is 4.27. The van der Waals surface area contributed by atoms with Gasteiger partial charge in [-0.05, 0) is 55.4 Å². The Morgan fingerprint density at radius 2 is 1.79 bits per heavy atom. The number of nitrogens with zero attached hydrogens (tertiary/aromatic N) is 3. The second-order valence-electron chi connectivity index (χ2n) is 9.12. The fourth-order valence-electron chi connectivity index (χ4n) is 4.86. The zero-order valence-corrected chi connectivity index (χ0v) is 18.6. The van der Waals surface area contributed by atoms with Crippen LogP contribution in [0.4, 0.5) is 4.39 Å². The lowest BCUT2D eigenvalue weighted by atomic mass is 9.87. The zero-order valence-electron chi connectivity index (χ0n) is 18.6. The first-order valence-electron chi connectivity index (χ1n) is 11.5. The number of carbonyl (C=O) groups is 1. The van der Waals surface area contributed by atoms with Gasteiger partial charge in [-0.25, -0.2) is 9.07 Å². The largest absolute Gasteiger partial charge is 0.352 e. The average Bonchev–Trinajstić information content (AvgIpc) is 3.13. The summed E-state index contributed by atoms with van der Waals surface area (Å²) in [6.07, 6.45) is 5.83. The highest BCUT2D eigenvalue weighted by molar-refractivity contribution is 6.07. The van der Waals surface area contributed by atoms with Crippen LogP contribution in [0.15, 0.2) is 59.5 Å². The Morgan fingerprint density at radius 1 is 1.06 bits per heavy atom. The maximum absolute atomic E-state index is 13.5. The number of rotatable bonds is 5. The van der Waals surface area contributed by atoms with Gasteiger partial charge in [-0.15, -0.1) is 0 Å². The first-order chi connectivity index (χ1) is 16.0. The maximum atomic E-state index is 13.5. The van der Waals surface area contributed by atoms with Crippen molar-refractivity contribution >= 4 is 27.7 Å². The van der Waals surface area contributed by atoms with Gasteiger partial charge in [0.1, 0.15) is 17.9 Å². The van der Waals surface area contributed by atoms with E-state index in [0.717, 1.165) is 47.5 Å². The highest BCUT2D eigenvalue weighted by atomic mass is 19.1. The second-order valence-corrected chi connectivity index (χ2v) is 9.12. The summed E-state index contributed by atoms with van der Waals surface area (Å²) in [7, 11) is 0. The van der Waals surface area contributed by atoms with E-state index in [1.54, 1.807) is 18.3 Å². The third-order valence-electron chi connectivity index (χ3n) is 6.70. The summed E-state index contributed by atoms with van der Waals surface area (Å²) >= 11 is 0. The molecule has 6 nitrogen and oxygen atoms in total. The highest BCUT2D eigenvalue weighted by Crippen LogP contribution is 2.27. The highest BCUT2D eigenvalue weighted by Gasteiger charge is 2.21. The number of fused-ring (bicyclic) bond motifs is 3. The molecule has 2 heterocycles. The van der Waals surface area contributed by atoms with Crippen molar-refractivity contribution in [2.24, 2.45) is 5.92 Å². The molecular weight excluding hydrogens is 419 g/mol. The number of carbonyl (C=O) groups excluding carboxylic acids is 1. The molecule has 1 saturated carbocycles. The van der Waals surface area contributed by atoms with E-state index in [0.29, 0.717) is 18.0 Å². The predicted molar refractivity (Wildman–Crippen MR) is 127 cm³/mol. The molecule has 0 atom stereocenters. The lowest BCUT2D eigenvalue weighted by molar-refractivity contribution is -0.122. The fourth-order valence-corrected chi connectivity index (χ4v) is 4.86. The lowest BCUT2D eigenvalue weighted by Gasteiger charge is -2.26. The normalized spacial score (nSPS) is 18.6. The van der Waals surface area contributed by atoms with Crippen molar-refractivity contribution in [2.45, 2.75) is 51.7 Å². The van der Waals surface area contributed by atoms with Crippen LogP contribution in [0.25, 0.3) is 21.8 Å². The van der Waals surface area contributed by atoms with Gasteiger partial charge in [-0.2, -0.15) is 5.10 Å². The summed E-state index contributed by atoms with van der Waals surface area (Å²) in [5.41, 5.74) is 1.97. The molecule has 2 aromatic heterocycles. The van der Waals surface area contributed by atoms with Crippen LogP contribution in [-0.4, -0.2) is 26.3 Å². The summed E-state index contributed by atoms with van der Waals surface area (Å²) in [5.74, 6) is 0.212. The van der Waals surface area contributed by atoms with Crippen molar-refractivity contribution < 1.29 is 9.18 Å². The van der Waals surface area contributed by atoms with E-state index in [1.165, 1.54) is 16.8 Å². The van der Waals surface area contributed by atoms with Crippen molar-refractivity contribution in [3.63, 3.8) is 0 Å². The fraction of sp³-hybridized carbons (Fsp3) is 0.346. The smallest absolute Gasteiger partial charge is 0.291 e. The molecule has 33 heavy (non-hydrogen) atoms. The van der Waals surface area contributed by atoms with Crippen LogP contribution in [-0.2, 0) is 17.9 Å². The van der Waals surface area contributed by atoms with Gasteiger partial charge >= 0.3 is 0 Å². The Balaban J connectivity index is 1.49. The number of aromatic nitrogens is 3. The number of halogens is 1. The Labute approximate surface area is 191 Å². The monoisotopic (exact) mass is 446 g/mol. The summed E-state index contributed by atoms with van der Waals surface area (Å²) in [4.78, 5) is 26.2. The van der Waals surface area contributed by atoms with Gasteiger partial charge in [0, 0.05) is 28.9 Å². The predicted octanol–water partition coefficient (Wildman–Crippen LogP) is 4.23. The van der Waals surface area contributed by atoms with Crippen molar-refractivity contribution in [1.82, 2.24) is 19.7 Å². The number of hydrogen-bond acceptors (Lipinski definition) is 3. The Hall–Kier alpha value is -3.48. The minimum atomic E-state index is -0.307. The molecule has 4 aromatic rings. The number of benzene rings is 2. The van der Waals surface area contributed by atoms with Crippen LogP contribution in [0.5, 0.6) is 0 Å². The average molecular weight is 447 g/mol. The van der Waals surface area contributed by atoms with Crippen molar-refractivity contribution in [3.05, 3.63) is 76.5 Å². The van der Waals surface area contributed by atoms with E-state index in [1.807, 2.05) is 28.8 Å². The minimum absolute atomic E-state index is 0.112. The van der Waals surface area contributed by atoms with E-state index < -0.39 is 0 Å². The number of para-hydroxylation sites is 1. The summed E-state index contributed by atoms with van der Waals surface area (Å²) in [6.45, 7) is 2.54. The van der Waals surface area contributed by atoms with Crippen LogP contribution in [0, 0.1) is 11.7 Å². The molecule has 2 aromatic carbocycles. The van der Waals surface area contributed by atoms with Crippen molar-refractivity contribution in [3.8, 4) is 0 Å². The Bertz CT molecular complexity index is 1370. The standard InChI is InChI=1S/C26H27FN4O2/c1-17-6-12-20(13-7-17)29-24(32)16-31-26(33)25-22(14-28-31)21-4-2-3-5-23(21)30(25)15-18-8-10-19(27)11-9-18/h2-5,8-11,14,17,20H,6-7,12-13,15-16H2,1H3,(H,29,32). The van der Waals surface area contributed by atoms with E-state index in [4.69, 9.17) is 0 Å². The topological polar surface area (TPSA) is 68.9 Å². The van der Waals surface area contributed by atoms with Crippen LogP contribution < -0.4 is 10.9 Å². The molecule has 1 fully saturated rings. The van der Waals surface area contributed by atoms with Gasteiger partial charge < -0.3 is 9.88 Å². The van der Waals surface area contributed by atoms with E-state index in [2.05, 4.69) is 17.3 Å². The first kappa shape index (κ1) is 21.4. The second kappa shape index (κ2) is 8.81. The number of nitrogens with one attached hydrogen (secondary N) is 1. The van der Waals surface area contributed by atoms with E-state index in [9.17, 15) is 14.0 Å². The van der Waals surface area contributed by atoms with Crippen LogP contribution >= 0.6 is 0 Å². The molecule has 0 spiro atoms. The van der Waals surface area contributed by atoms with Crippen molar-refractivity contribution in [1.29, 1.82) is 0 Å². The summed E-state index contributed by atoms with van der Waals surface area (Å²) < 4.78 is 16.6. The third-order valence-corrected chi connectivity index (χ3v) is 6.70. The molecular formula is C26H27FN4O2. The molecule has 170 valence electrons. The Kier molecular flexibility index (Phi) is 5.70. The summed E-state index contributed by atoms with van der Waals surface area (Å²) in [5, 5.41) is 9.05. The Morgan fingerprint density at radius 3 is 2.55 bits per heavy atom. The molecule has 0 radical (unpaired) electrons. The molecule has 0 saturated heterocycles. The molecule has 0 unspecified atom stereocenters. The molecule has 0 aliphatic heterocycles. The minimum Gasteiger partial charge on any atom is -0.352 e. The molecule has 1 aliphatic rings. The first-order valence-corrected chi connectivity index (χ1v) is 11.5. The molecule has 7 heteroatoms. The van der Waals surface area contributed by atoms with Crippen LogP contribution in [0.2, 0.25) is 0 Å². The van der Waals surface area contributed by atoms with Gasteiger partial charge in [0.05, 0.1) is 6.20 Å². The van der Waals surface area contributed by atoms with Crippen LogP contribution in [0.1, 0.15) is 38.2 Å². The number of amides is 1. The molecule has 0 bridgehead atoms. The maximum Gasteiger partial charge on any atom is 0.291 e. The quantitative estimate of drug-likeness (QED) is 0.499. The lowest BCUT2D eigenvalue weighted by Crippen LogP contribution is -2.41. The SMILES string of the molecule is CC1CCC(NC(=O)Cn2ncc3c4ccccc4n(Cc4ccc(F)cc4)c3c2=O)CC1. The number of hydrogen-bond donors (Lipinski definition) is 1. The van der Waals surface area contributed by atoms with Crippen LogP contribution in [0.3, 0.4) is 0 Å². The van der Waals surface area contributed by atoms with Gasteiger partial charge in [-0.3, -0.25) is 9.59 Å². The van der Waals surface area contributed by atoms with Gasteiger partial charge in [0.25, 0.3) is 5.56 Å². The molecule has 1 aliphatic carbocycles. The summed E-state index contributed by atoms with van der Waals surface area (Å²) in [6, 6.07) is 14.2. The van der Waals surface area contributed by atoms with Gasteiger partial charge in [0.15, 0.2) is 0 Å². The van der Waals surface area contributed by atoms with Gasteiger partial charge in [-0.1, -0.05) is 37.3 Å². The zero-order chi connectivity index (χ0) is 22.9. The van der Waals surface area contributed by atoms with E-state index in [-0.39, 0.29) is 29.9 Å². The van der Waals surface area contributed by atoms with Crippen molar-refractivity contribution in [2.75, 3.05) is 0 Å². The van der Waals surface area contributed by atoms with Gasteiger partial charge in [0.2, 0.25) is 5.91 Å². The molecule has 1 amide bonds. The van der Waals surface area contributed by atoms with E-state index >= 15 is 0 Å². The molecule has 5 rings (SSSR count).